The average molecular weight is 557 g/mol. The summed E-state index contributed by atoms with van der Waals surface area (Å²) in [5, 5.41) is 15.3. The highest BCUT2D eigenvalue weighted by molar-refractivity contribution is 6.36. The third-order valence-corrected chi connectivity index (χ3v) is 5.68. The zero-order chi connectivity index (χ0) is 27.1. The van der Waals surface area contributed by atoms with E-state index in [1.54, 1.807) is 42.9 Å². The lowest BCUT2D eigenvalue weighted by molar-refractivity contribution is 0.252. The van der Waals surface area contributed by atoms with Gasteiger partial charge < -0.3 is 19.5 Å². The number of hydrazone groups is 1. The first-order chi connectivity index (χ1) is 18.3. The summed E-state index contributed by atoms with van der Waals surface area (Å²) < 4.78 is 22.4. The number of benzene rings is 2. The number of carbonyl (C=O) groups is 1. The molecule has 196 valence electrons. The topological polar surface area (TPSA) is 110 Å². The Hall–Kier alpha value is -4.06. The van der Waals surface area contributed by atoms with Crippen molar-refractivity contribution in [3.05, 3.63) is 82.5 Å². The largest absolute Gasteiger partial charge is 0.454 e. The van der Waals surface area contributed by atoms with E-state index in [2.05, 4.69) is 31.0 Å². The van der Waals surface area contributed by atoms with Crippen molar-refractivity contribution in [2.24, 2.45) is 5.10 Å². The Bertz CT molecular complexity index is 1460. The van der Waals surface area contributed by atoms with Crippen molar-refractivity contribution in [3.63, 3.8) is 0 Å². The van der Waals surface area contributed by atoms with Crippen molar-refractivity contribution in [1.29, 1.82) is 0 Å². The molecule has 2 amide bonds. The maximum absolute atomic E-state index is 14.8. The molecule has 38 heavy (non-hydrogen) atoms. The molecule has 0 radical (unpaired) electrons. The van der Waals surface area contributed by atoms with E-state index in [0.29, 0.717) is 39.4 Å². The molecular formula is C25H23Cl2FN8O2. The molecule has 0 aliphatic heterocycles. The summed E-state index contributed by atoms with van der Waals surface area (Å²) in [6.07, 6.45) is 4.54. The van der Waals surface area contributed by atoms with Gasteiger partial charge in [0.25, 0.3) is 0 Å². The summed E-state index contributed by atoms with van der Waals surface area (Å²) in [5.41, 5.74) is 3.59. The van der Waals surface area contributed by atoms with Gasteiger partial charge in [-0.3, -0.25) is 4.98 Å². The van der Waals surface area contributed by atoms with Gasteiger partial charge in [-0.05, 0) is 44.4 Å². The van der Waals surface area contributed by atoms with Crippen molar-refractivity contribution in [2.45, 2.75) is 6.54 Å². The molecule has 0 fully saturated rings. The lowest BCUT2D eigenvalue weighted by Crippen LogP contribution is -2.24. The van der Waals surface area contributed by atoms with Crippen LogP contribution in [-0.2, 0) is 6.54 Å². The standard InChI is InChI=1S/C25H23Cl2FN8O2/c1-35(2)9-10-36-15-31-33-24(36)22-13-19(7-8-29-22)38-23-6-5-18(12-21(23)28)32-25(37)34-30-14-16-3-4-17(26)11-20(16)27/h3-8,11-15H,9-10H2,1-2H3,(H2,32,34,37)/b30-14+. The molecule has 10 nitrogen and oxygen atoms in total. The van der Waals surface area contributed by atoms with Crippen LogP contribution in [0.5, 0.6) is 11.5 Å². The van der Waals surface area contributed by atoms with Crippen LogP contribution in [0.1, 0.15) is 5.56 Å². The fourth-order valence-electron chi connectivity index (χ4n) is 3.24. The van der Waals surface area contributed by atoms with E-state index < -0.39 is 11.8 Å². The summed E-state index contributed by atoms with van der Waals surface area (Å²) in [4.78, 5) is 18.5. The van der Waals surface area contributed by atoms with E-state index in [1.807, 2.05) is 23.6 Å². The van der Waals surface area contributed by atoms with Gasteiger partial charge in [0.2, 0.25) is 0 Å². The maximum atomic E-state index is 14.8. The van der Waals surface area contributed by atoms with E-state index in [4.69, 9.17) is 27.9 Å². The molecule has 13 heteroatoms. The number of halogens is 3. The van der Waals surface area contributed by atoms with Gasteiger partial charge in [0.1, 0.15) is 17.8 Å². The Balaban J connectivity index is 1.38. The first kappa shape index (κ1) is 27.0. The quantitative estimate of drug-likeness (QED) is 0.214. The van der Waals surface area contributed by atoms with Gasteiger partial charge in [-0.25, -0.2) is 14.6 Å². The second kappa shape index (κ2) is 12.5. The second-order valence-corrected chi connectivity index (χ2v) is 9.11. The van der Waals surface area contributed by atoms with Crippen LogP contribution in [-0.4, -0.2) is 57.5 Å². The van der Waals surface area contributed by atoms with Crippen LogP contribution in [0.15, 0.2) is 66.2 Å². The fourth-order valence-corrected chi connectivity index (χ4v) is 3.69. The molecule has 0 aliphatic carbocycles. The summed E-state index contributed by atoms with van der Waals surface area (Å²) >= 11 is 11.9. The predicted octanol–water partition coefficient (Wildman–Crippen LogP) is 5.30. The number of anilines is 1. The Morgan fingerprint density at radius 1 is 1.18 bits per heavy atom. The number of rotatable bonds is 9. The number of amides is 2. The lowest BCUT2D eigenvalue weighted by Gasteiger charge is -2.12. The van der Waals surface area contributed by atoms with Crippen LogP contribution in [0.2, 0.25) is 10.0 Å². The number of pyridine rings is 1. The molecule has 0 aliphatic rings. The van der Waals surface area contributed by atoms with Crippen molar-refractivity contribution in [3.8, 4) is 23.0 Å². The minimum atomic E-state index is -0.674. The number of likely N-dealkylation sites (N-methyl/N-ethyl adjacent to an activating group) is 1. The van der Waals surface area contributed by atoms with Crippen LogP contribution in [0.3, 0.4) is 0 Å². The van der Waals surface area contributed by atoms with Gasteiger partial charge in [-0.15, -0.1) is 10.2 Å². The first-order valence-corrected chi connectivity index (χ1v) is 12.1. The highest BCUT2D eigenvalue weighted by Gasteiger charge is 2.13. The van der Waals surface area contributed by atoms with E-state index in [-0.39, 0.29) is 11.4 Å². The number of carbonyl (C=O) groups excluding carboxylic acids is 1. The molecule has 0 spiro atoms. The monoisotopic (exact) mass is 556 g/mol. The van der Waals surface area contributed by atoms with Gasteiger partial charge >= 0.3 is 6.03 Å². The van der Waals surface area contributed by atoms with Crippen molar-refractivity contribution >= 4 is 41.1 Å². The van der Waals surface area contributed by atoms with Crippen molar-refractivity contribution in [2.75, 3.05) is 26.0 Å². The van der Waals surface area contributed by atoms with Crippen molar-refractivity contribution in [1.82, 2.24) is 30.1 Å². The third-order valence-electron chi connectivity index (χ3n) is 5.11. The van der Waals surface area contributed by atoms with Crippen LogP contribution < -0.4 is 15.5 Å². The number of aromatic nitrogens is 4. The van der Waals surface area contributed by atoms with Gasteiger partial charge in [0.15, 0.2) is 17.4 Å². The smallest absolute Gasteiger partial charge is 0.339 e. The summed E-state index contributed by atoms with van der Waals surface area (Å²) in [6.45, 7) is 1.48. The second-order valence-electron chi connectivity index (χ2n) is 8.27. The molecule has 0 bridgehead atoms. The Morgan fingerprint density at radius 3 is 2.79 bits per heavy atom. The van der Waals surface area contributed by atoms with Gasteiger partial charge in [-0.2, -0.15) is 5.10 Å². The average Bonchev–Trinajstić information content (AvgIpc) is 3.35. The lowest BCUT2D eigenvalue weighted by atomic mass is 10.2. The predicted molar refractivity (Wildman–Crippen MR) is 144 cm³/mol. The van der Waals surface area contributed by atoms with Crippen LogP contribution >= 0.6 is 23.2 Å². The number of ether oxygens (including phenoxy) is 1. The van der Waals surface area contributed by atoms with Crippen LogP contribution in [0, 0.1) is 5.82 Å². The van der Waals surface area contributed by atoms with E-state index in [0.717, 1.165) is 12.6 Å². The number of urea groups is 1. The molecule has 2 N–H and O–H groups in total. The summed E-state index contributed by atoms with van der Waals surface area (Å²) in [7, 11) is 3.96. The molecule has 0 saturated heterocycles. The van der Waals surface area contributed by atoms with Gasteiger partial charge in [-0.1, -0.05) is 29.3 Å². The summed E-state index contributed by atoms with van der Waals surface area (Å²) in [5.74, 6) is 0.235. The molecule has 0 unspecified atom stereocenters. The molecule has 0 saturated carbocycles. The molecule has 2 heterocycles. The van der Waals surface area contributed by atoms with Crippen LogP contribution in [0.4, 0.5) is 14.9 Å². The number of nitrogens with one attached hydrogen (secondary N) is 2. The Kier molecular flexibility index (Phi) is 8.85. The summed E-state index contributed by atoms with van der Waals surface area (Å²) in [6, 6.07) is 11.5. The van der Waals surface area contributed by atoms with Gasteiger partial charge in [0, 0.05) is 47.7 Å². The molecule has 0 atom stereocenters. The fraction of sp³-hybridized carbons (Fsp3) is 0.160. The highest BCUT2D eigenvalue weighted by Crippen LogP contribution is 2.28. The third kappa shape index (κ3) is 7.25. The molecular weight excluding hydrogens is 534 g/mol. The Labute approximate surface area is 228 Å². The number of hydrogen-bond acceptors (Lipinski definition) is 7. The SMILES string of the molecule is CN(C)CCn1cnnc1-c1cc(Oc2ccc(NC(=O)N/N=C/c3ccc(Cl)cc3Cl)cc2F)ccn1. The first-order valence-electron chi connectivity index (χ1n) is 11.3. The normalized spacial score (nSPS) is 11.2. The molecule has 2 aromatic heterocycles. The van der Waals surface area contributed by atoms with E-state index >= 15 is 0 Å². The van der Waals surface area contributed by atoms with Crippen molar-refractivity contribution < 1.29 is 13.9 Å². The van der Waals surface area contributed by atoms with E-state index in [1.165, 1.54) is 18.3 Å². The Morgan fingerprint density at radius 2 is 2.03 bits per heavy atom. The minimum absolute atomic E-state index is 0.0300. The van der Waals surface area contributed by atoms with Crippen LogP contribution in [0.25, 0.3) is 11.5 Å². The van der Waals surface area contributed by atoms with E-state index in [9.17, 15) is 9.18 Å². The minimum Gasteiger partial charge on any atom is -0.454 e. The highest BCUT2D eigenvalue weighted by atomic mass is 35.5. The number of nitrogens with zero attached hydrogens (tertiary/aromatic N) is 6. The van der Waals surface area contributed by atoms with Gasteiger partial charge in [0.05, 0.1) is 11.2 Å². The zero-order valence-corrected chi connectivity index (χ0v) is 21.9. The number of hydrogen-bond donors (Lipinski definition) is 2. The molecule has 2 aromatic carbocycles. The molecule has 4 rings (SSSR count). The molecule has 4 aromatic rings. The zero-order valence-electron chi connectivity index (χ0n) is 20.4. The maximum Gasteiger partial charge on any atom is 0.339 e.